The Labute approximate surface area is 147 Å². The minimum atomic E-state index is -0.291. The number of carbonyl (C=O) groups excluding carboxylic acids is 1. The second-order valence-corrected chi connectivity index (χ2v) is 7.66. The van der Waals surface area contributed by atoms with Crippen LogP contribution in [0.5, 0.6) is 0 Å². The highest BCUT2D eigenvalue weighted by Crippen LogP contribution is 2.27. The number of anilines is 1. The Morgan fingerprint density at radius 1 is 1.25 bits per heavy atom. The molecule has 3 heterocycles. The van der Waals surface area contributed by atoms with Crippen molar-refractivity contribution in [2.75, 3.05) is 42.6 Å². The maximum atomic E-state index is 14.4. The van der Waals surface area contributed by atoms with Crippen LogP contribution in [0.15, 0.2) is 6.33 Å². The molecule has 0 spiro atoms. The van der Waals surface area contributed by atoms with E-state index in [1.165, 1.54) is 6.33 Å². The summed E-state index contributed by atoms with van der Waals surface area (Å²) in [5, 5.41) is 0. The summed E-state index contributed by atoms with van der Waals surface area (Å²) in [6.45, 7) is 5.17. The lowest BCUT2D eigenvalue weighted by Gasteiger charge is -2.34. The number of halogens is 1. The summed E-state index contributed by atoms with van der Waals surface area (Å²) >= 11 is 1.92. The largest absolute Gasteiger partial charge is 0.354 e. The van der Waals surface area contributed by atoms with Gasteiger partial charge in [0, 0.05) is 44.1 Å². The molecule has 1 aromatic heterocycles. The molecule has 2 aliphatic rings. The third-order valence-corrected chi connectivity index (χ3v) is 5.86. The summed E-state index contributed by atoms with van der Waals surface area (Å²) in [6.07, 6.45) is 4.48. The van der Waals surface area contributed by atoms with Crippen molar-refractivity contribution in [3.8, 4) is 0 Å². The van der Waals surface area contributed by atoms with E-state index in [0.29, 0.717) is 30.3 Å². The first kappa shape index (κ1) is 17.5. The van der Waals surface area contributed by atoms with Crippen LogP contribution < -0.4 is 4.90 Å². The monoisotopic (exact) mass is 352 g/mol. The second-order valence-electron chi connectivity index (χ2n) is 6.44. The molecule has 0 unspecified atom stereocenters. The van der Waals surface area contributed by atoms with E-state index in [1.807, 2.05) is 28.5 Å². The van der Waals surface area contributed by atoms with Crippen molar-refractivity contribution in [2.24, 2.45) is 5.92 Å². The predicted molar refractivity (Wildman–Crippen MR) is 94.8 cm³/mol. The number of aromatic nitrogens is 2. The molecule has 3 rings (SSSR count). The lowest BCUT2D eigenvalue weighted by Crippen LogP contribution is -2.41. The zero-order chi connectivity index (χ0) is 16.9. The molecular weight excluding hydrogens is 327 g/mol. The summed E-state index contributed by atoms with van der Waals surface area (Å²) in [6, 6.07) is 0. The molecule has 0 bridgehead atoms. The predicted octanol–water partition coefficient (Wildman–Crippen LogP) is 2.36. The van der Waals surface area contributed by atoms with Gasteiger partial charge in [-0.15, -0.1) is 0 Å². The fraction of sp³-hybridized carbons (Fsp3) is 0.706. The Morgan fingerprint density at radius 3 is 2.62 bits per heavy atom. The number of hydrogen-bond donors (Lipinski definition) is 0. The maximum Gasteiger partial charge on any atom is 0.222 e. The maximum absolute atomic E-state index is 14.4. The topological polar surface area (TPSA) is 49.3 Å². The third-order valence-electron chi connectivity index (χ3n) is 4.92. The molecule has 0 N–H and O–H groups in total. The molecule has 0 atom stereocenters. The van der Waals surface area contributed by atoms with Gasteiger partial charge in [-0.2, -0.15) is 11.8 Å². The molecule has 7 heteroatoms. The summed E-state index contributed by atoms with van der Waals surface area (Å²) in [7, 11) is 0. The molecule has 0 aliphatic carbocycles. The minimum Gasteiger partial charge on any atom is -0.354 e. The average molecular weight is 352 g/mol. The van der Waals surface area contributed by atoms with Gasteiger partial charge in [-0.1, -0.05) is 6.92 Å². The first-order valence-corrected chi connectivity index (χ1v) is 9.94. The van der Waals surface area contributed by atoms with Gasteiger partial charge < -0.3 is 9.80 Å². The van der Waals surface area contributed by atoms with E-state index in [0.717, 1.165) is 50.5 Å². The van der Waals surface area contributed by atoms with Crippen LogP contribution in [0.4, 0.5) is 10.2 Å². The van der Waals surface area contributed by atoms with Gasteiger partial charge in [0.1, 0.15) is 6.33 Å². The summed E-state index contributed by atoms with van der Waals surface area (Å²) in [4.78, 5) is 24.5. The van der Waals surface area contributed by atoms with E-state index in [1.54, 1.807) is 0 Å². The summed E-state index contributed by atoms with van der Waals surface area (Å²) in [5.74, 6) is 2.92. The normalized spacial score (nSPS) is 19.6. The van der Waals surface area contributed by atoms with Gasteiger partial charge in [0.2, 0.25) is 5.91 Å². The molecule has 0 radical (unpaired) electrons. The van der Waals surface area contributed by atoms with Crippen LogP contribution in [0, 0.1) is 11.7 Å². The van der Waals surface area contributed by atoms with E-state index in [9.17, 15) is 9.18 Å². The van der Waals surface area contributed by atoms with Crippen LogP contribution in [0.25, 0.3) is 0 Å². The first-order chi connectivity index (χ1) is 11.7. The molecule has 0 aromatic carbocycles. The van der Waals surface area contributed by atoms with Gasteiger partial charge in [-0.3, -0.25) is 4.79 Å². The molecular formula is C17H25FN4OS. The van der Waals surface area contributed by atoms with Crippen LogP contribution in [0.1, 0.15) is 31.9 Å². The number of thioether (sulfide) groups is 1. The molecule has 132 valence electrons. The van der Waals surface area contributed by atoms with Gasteiger partial charge >= 0.3 is 0 Å². The Balaban J connectivity index is 1.53. The Morgan fingerprint density at radius 2 is 1.96 bits per heavy atom. The van der Waals surface area contributed by atoms with Crippen LogP contribution in [0.2, 0.25) is 0 Å². The summed E-state index contributed by atoms with van der Waals surface area (Å²) in [5.41, 5.74) is 0.472. The molecule has 5 nitrogen and oxygen atoms in total. The van der Waals surface area contributed by atoms with E-state index >= 15 is 0 Å². The minimum absolute atomic E-state index is 0.287. The fourth-order valence-corrected chi connectivity index (χ4v) is 4.30. The quantitative estimate of drug-likeness (QED) is 0.833. The van der Waals surface area contributed by atoms with Crippen molar-refractivity contribution in [3.05, 3.63) is 17.8 Å². The van der Waals surface area contributed by atoms with Crippen LogP contribution in [-0.4, -0.2) is 58.5 Å². The number of hydrogen-bond acceptors (Lipinski definition) is 5. The van der Waals surface area contributed by atoms with Crippen molar-refractivity contribution >= 4 is 23.5 Å². The third kappa shape index (κ3) is 3.99. The van der Waals surface area contributed by atoms with E-state index in [-0.39, 0.29) is 11.7 Å². The number of amides is 1. The molecule has 2 saturated heterocycles. The molecule has 24 heavy (non-hydrogen) atoms. The van der Waals surface area contributed by atoms with Gasteiger partial charge in [0.05, 0.1) is 5.69 Å². The van der Waals surface area contributed by atoms with E-state index < -0.39 is 0 Å². The van der Waals surface area contributed by atoms with Crippen LogP contribution in [-0.2, 0) is 11.2 Å². The smallest absolute Gasteiger partial charge is 0.222 e. The number of carbonyl (C=O) groups is 1. The Kier molecular flexibility index (Phi) is 5.92. The van der Waals surface area contributed by atoms with Crippen molar-refractivity contribution in [1.82, 2.24) is 14.9 Å². The van der Waals surface area contributed by atoms with Crippen molar-refractivity contribution in [2.45, 2.75) is 32.6 Å². The van der Waals surface area contributed by atoms with Crippen LogP contribution in [0.3, 0.4) is 0 Å². The van der Waals surface area contributed by atoms with E-state index in [2.05, 4.69) is 9.97 Å². The Bertz CT molecular complexity index is 572. The van der Waals surface area contributed by atoms with Gasteiger partial charge in [-0.25, -0.2) is 14.4 Å². The van der Waals surface area contributed by atoms with Crippen molar-refractivity contribution in [1.29, 1.82) is 0 Å². The zero-order valence-electron chi connectivity index (χ0n) is 14.2. The molecule has 1 amide bonds. The Hall–Kier alpha value is -1.37. The average Bonchev–Trinajstić information content (AvgIpc) is 2.63. The number of rotatable bonds is 4. The van der Waals surface area contributed by atoms with Gasteiger partial charge in [0.15, 0.2) is 11.6 Å². The number of nitrogens with zero attached hydrogens (tertiary/aromatic N) is 4. The lowest BCUT2D eigenvalue weighted by molar-refractivity contribution is -0.132. The molecule has 0 saturated carbocycles. The number of piperidine rings is 1. The summed E-state index contributed by atoms with van der Waals surface area (Å²) < 4.78 is 14.4. The van der Waals surface area contributed by atoms with Crippen molar-refractivity contribution in [3.63, 3.8) is 0 Å². The van der Waals surface area contributed by atoms with Gasteiger partial charge in [0.25, 0.3) is 0 Å². The fourth-order valence-electron chi connectivity index (χ4n) is 3.40. The highest BCUT2D eigenvalue weighted by atomic mass is 32.2. The number of aryl methyl sites for hydroxylation is 1. The zero-order valence-corrected chi connectivity index (χ0v) is 15.0. The highest BCUT2D eigenvalue weighted by molar-refractivity contribution is 7.99. The standard InChI is InChI=1S/C17H25FN4OS/c1-2-14-16(18)17(20-12-19-14)22-5-3-13(4-6-22)11-15(23)21-7-9-24-10-8-21/h12-13H,2-11H2,1H3. The molecule has 1 aromatic rings. The second kappa shape index (κ2) is 8.14. The van der Waals surface area contributed by atoms with Crippen molar-refractivity contribution < 1.29 is 9.18 Å². The van der Waals surface area contributed by atoms with Crippen LogP contribution >= 0.6 is 11.8 Å². The first-order valence-electron chi connectivity index (χ1n) is 8.79. The molecule has 2 fully saturated rings. The lowest BCUT2D eigenvalue weighted by atomic mass is 9.93. The van der Waals surface area contributed by atoms with E-state index in [4.69, 9.17) is 0 Å². The van der Waals surface area contributed by atoms with Gasteiger partial charge in [-0.05, 0) is 25.2 Å². The highest BCUT2D eigenvalue weighted by Gasteiger charge is 2.26. The SMILES string of the molecule is CCc1ncnc(N2CCC(CC(=O)N3CCSCC3)CC2)c1F. The molecule has 2 aliphatic heterocycles.